The molecule has 72 valence electrons. The minimum Gasteiger partial charge on any atom is -0.379 e. The fourth-order valence-corrected chi connectivity index (χ4v) is 2.37. The van der Waals surface area contributed by atoms with Gasteiger partial charge in [-0.1, -0.05) is 22.6 Å². The number of piperidine rings is 1. The second-order valence-corrected chi connectivity index (χ2v) is 4.46. The lowest BCUT2D eigenvalue weighted by Crippen LogP contribution is -2.44. The van der Waals surface area contributed by atoms with Gasteiger partial charge in [0.1, 0.15) is 6.23 Å². The molecule has 0 aromatic heterocycles. The van der Waals surface area contributed by atoms with Gasteiger partial charge in [-0.3, -0.25) is 0 Å². The molecule has 3 nitrogen and oxygen atoms in total. The van der Waals surface area contributed by atoms with Gasteiger partial charge in [-0.05, 0) is 19.4 Å². The number of hydrogen-bond acceptors (Lipinski definition) is 3. The number of aliphatic hydroxyl groups excluding tert-OH is 1. The Morgan fingerprint density at radius 2 is 2.42 bits per heavy atom. The molecule has 2 atom stereocenters. The summed E-state index contributed by atoms with van der Waals surface area (Å²) in [5.41, 5.74) is 5.45. The maximum Gasteiger partial charge on any atom is 0.106 e. The first kappa shape index (κ1) is 10.7. The molecule has 0 amide bonds. The van der Waals surface area contributed by atoms with Gasteiger partial charge in [-0.25, -0.2) is 0 Å². The van der Waals surface area contributed by atoms with Crippen molar-refractivity contribution in [3.63, 3.8) is 0 Å². The summed E-state index contributed by atoms with van der Waals surface area (Å²) < 4.78 is 1.16. The van der Waals surface area contributed by atoms with Gasteiger partial charge in [0.05, 0.1) is 0 Å². The molecule has 0 radical (unpaired) electrons. The normalized spacial score (nSPS) is 28.8. The Labute approximate surface area is 87.4 Å². The van der Waals surface area contributed by atoms with Crippen molar-refractivity contribution in [2.75, 3.05) is 24.1 Å². The monoisotopic (exact) mass is 284 g/mol. The van der Waals surface area contributed by atoms with Crippen LogP contribution in [0.5, 0.6) is 0 Å². The number of rotatable bonds is 3. The number of aliphatic hydroxyl groups is 1. The van der Waals surface area contributed by atoms with Crippen molar-refractivity contribution >= 4 is 22.6 Å². The molecule has 4 heteroatoms. The molecule has 3 N–H and O–H groups in total. The lowest BCUT2D eigenvalue weighted by Gasteiger charge is -2.33. The van der Waals surface area contributed by atoms with Crippen LogP contribution in [-0.2, 0) is 0 Å². The predicted molar refractivity (Wildman–Crippen MR) is 58.2 cm³/mol. The lowest BCUT2D eigenvalue weighted by atomic mass is 9.97. The van der Waals surface area contributed by atoms with Gasteiger partial charge in [0.25, 0.3) is 0 Å². The van der Waals surface area contributed by atoms with Crippen LogP contribution in [0.25, 0.3) is 0 Å². The highest BCUT2D eigenvalue weighted by molar-refractivity contribution is 14.1. The Kier molecular flexibility index (Phi) is 4.78. The molecular formula is C8H17IN2O. The molecule has 12 heavy (non-hydrogen) atoms. The van der Waals surface area contributed by atoms with Crippen molar-refractivity contribution < 1.29 is 5.11 Å². The third kappa shape index (κ3) is 3.16. The molecule has 0 spiro atoms. The van der Waals surface area contributed by atoms with E-state index in [4.69, 9.17) is 5.73 Å². The topological polar surface area (TPSA) is 49.5 Å². The molecule has 0 aromatic carbocycles. The van der Waals surface area contributed by atoms with Crippen LogP contribution in [0.4, 0.5) is 0 Å². The fourth-order valence-electron chi connectivity index (χ4n) is 1.69. The summed E-state index contributed by atoms with van der Waals surface area (Å²) in [5.74, 6) is 0.293. The van der Waals surface area contributed by atoms with Crippen LogP contribution in [0.15, 0.2) is 0 Å². The summed E-state index contributed by atoms with van der Waals surface area (Å²) in [6.07, 6.45) is 1.63. The van der Waals surface area contributed by atoms with Gasteiger partial charge < -0.3 is 15.7 Å². The summed E-state index contributed by atoms with van der Waals surface area (Å²) in [7, 11) is 0. The number of likely N-dealkylation sites (tertiary alicyclic amines) is 1. The van der Waals surface area contributed by atoms with Crippen LogP contribution in [0, 0.1) is 5.92 Å². The van der Waals surface area contributed by atoms with Crippen LogP contribution in [-0.4, -0.2) is 40.3 Å². The highest BCUT2D eigenvalue weighted by Gasteiger charge is 2.22. The Balaban J connectivity index is 2.30. The number of nitrogens with two attached hydrogens (primary N) is 1. The summed E-state index contributed by atoms with van der Waals surface area (Å²) in [6.45, 7) is 3.27. The van der Waals surface area contributed by atoms with E-state index in [1.165, 1.54) is 13.0 Å². The van der Waals surface area contributed by atoms with Crippen LogP contribution >= 0.6 is 22.6 Å². The zero-order chi connectivity index (χ0) is 8.97. The number of hydrogen-bond donors (Lipinski definition) is 2. The van der Waals surface area contributed by atoms with Gasteiger partial charge in [-0.2, -0.15) is 0 Å². The summed E-state index contributed by atoms with van der Waals surface area (Å²) in [4.78, 5) is 2.39. The van der Waals surface area contributed by atoms with Crippen molar-refractivity contribution in [1.29, 1.82) is 0 Å². The second kappa shape index (κ2) is 5.36. The van der Waals surface area contributed by atoms with E-state index in [1.54, 1.807) is 0 Å². The van der Waals surface area contributed by atoms with Crippen LogP contribution in [0.3, 0.4) is 0 Å². The summed E-state index contributed by atoms with van der Waals surface area (Å²) in [5, 5.41) is 9.21. The molecule has 1 heterocycles. The van der Waals surface area contributed by atoms with Gasteiger partial charge >= 0.3 is 0 Å². The van der Waals surface area contributed by atoms with Gasteiger partial charge in [0.2, 0.25) is 0 Å². The first-order valence-corrected chi connectivity index (χ1v) is 5.98. The average Bonchev–Trinajstić information content (AvgIpc) is 2.05. The van der Waals surface area contributed by atoms with Crippen molar-refractivity contribution in [3.05, 3.63) is 0 Å². The number of nitrogens with zero attached hydrogens (tertiary/aromatic N) is 1. The van der Waals surface area contributed by atoms with Gasteiger partial charge in [0.15, 0.2) is 0 Å². The Bertz CT molecular complexity index is 130. The largest absolute Gasteiger partial charge is 0.379 e. The minimum atomic E-state index is -0.623. The quantitative estimate of drug-likeness (QED) is 0.448. The fraction of sp³-hybridized carbons (Fsp3) is 1.00. The first-order chi connectivity index (χ1) is 5.74. The Hall–Kier alpha value is 0.610. The molecule has 0 aliphatic carbocycles. The molecule has 1 aliphatic rings. The first-order valence-electron chi connectivity index (χ1n) is 4.46. The molecule has 0 saturated carbocycles. The highest BCUT2D eigenvalue weighted by atomic mass is 127. The van der Waals surface area contributed by atoms with E-state index in [0.29, 0.717) is 5.92 Å². The van der Waals surface area contributed by atoms with Gasteiger partial charge in [-0.15, -0.1) is 0 Å². The SMILES string of the molecule is NC(O)C1CCCN(CCI)C1. The summed E-state index contributed by atoms with van der Waals surface area (Å²) >= 11 is 2.38. The molecular weight excluding hydrogens is 267 g/mol. The zero-order valence-corrected chi connectivity index (χ0v) is 9.40. The van der Waals surface area contributed by atoms with E-state index in [2.05, 4.69) is 27.5 Å². The van der Waals surface area contributed by atoms with E-state index in [-0.39, 0.29) is 0 Å². The average molecular weight is 284 g/mol. The van der Waals surface area contributed by atoms with Crippen molar-refractivity contribution in [3.8, 4) is 0 Å². The standard InChI is InChI=1S/C8H17IN2O/c9-3-5-11-4-1-2-7(6-11)8(10)12/h7-8,12H,1-6,10H2. The van der Waals surface area contributed by atoms with E-state index in [9.17, 15) is 5.11 Å². The van der Waals surface area contributed by atoms with Crippen molar-refractivity contribution in [2.45, 2.75) is 19.1 Å². The second-order valence-electron chi connectivity index (χ2n) is 3.38. The van der Waals surface area contributed by atoms with E-state index in [1.807, 2.05) is 0 Å². The Morgan fingerprint density at radius 3 is 3.00 bits per heavy atom. The number of alkyl halides is 1. The maximum absolute atomic E-state index is 9.21. The van der Waals surface area contributed by atoms with Crippen molar-refractivity contribution in [1.82, 2.24) is 4.90 Å². The smallest absolute Gasteiger partial charge is 0.106 e. The molecule has 1 saturated heterocycles. The van der Waals surface area contributed by atoms with E-state index < -0.39 is 6.23 Å². The number of halogens is 1. The highest BCUT2D eigenvalue weighted by Crippen LogP contribution is 2.17. The lowest BCUT2D eigenvalue weighted by molar-refractivity contribution is 0.0579. The third-order valence-electron chi connectivity index (χ3n) is 2.43. The van der Waals surface area contributed by atoms with Gasteiger partial charge in [0, 0.05) is 23.4 Å². The van der Waals surface area contributed by atoms with E-state index >= 15 is 0 Å². The Morgan fingerprint density at radius 1 is 1.67 bits per heavy atom. The maximum atomic E-state index is 9.21. The minimum absolute atomic E-state index is 0.293. The molecule has 0 bridgehead atoms. The molecule has 1 aliphatic heterocycles. The van der Waals surface area contributed by atoms with Crippen LogP contribution in [0.2, 0.25) is 0 Å². The van der Waals surface area contributed by atoms with Crippen LogP contribution in [0.1, 0.15) is 12.8 Å². The third-order valence-corrected chi connectivity index (χ3v) is 2.91. The molecule has 1 fully saturated rings. The zero-order valence-electron chi connectivity index (χ0n) is 7.25. The molecule has 0 aromatic rings. The van der Waals surface area contributed by atoms with E-state index in [0.717, 1.165) is 23.9 Å². The van der Waals surface area contributed by atoms with Crippen LogP contribution < -0.4 is 5.73 Å². The summed E-state index contributed by atoms with van der Waals surface area (Å²) in [6, 6.07) is 0. The van der Waals surface area contributed by atoms with Crippen molar-refractivity contribution in [2.24, 2.45) is 11.7 Å². The molecule has 1 rings (SSSR count). The predicted octanol–water partition coefficient (Wildman–Crippen LogP) is 0.410. The molecule has 2 unspecified atom stereocenters.